The topological polar surface area (TPSA) is 79.3 Å². The summed E-state index contributed by atoms with van der Waals surface area (Å²) in [5, 5.41) is 9.35. The molecule has 0 saturated carbocycles. The molecular weight excluding hydrogens is 420 g/mol. The number of ether oxygens (including phenoxy) is 2. The van der Waals surface area contributed by atoms with E-state index in [4.69, 9.17) is 9.47 Å². The van der Waals surface area contributed by atoms with Crippen LogP contribution in [0.5, 0.6) is 0 Å². The van der Waals surface area contributed by atoms with E-state index in [9.17, 15) is 14.7 Å². The van der Waals surface area contributed by atoms with E-state index in [1.165, 1.54) is 0 Å². The summed E-state index contributed by atoms with van der Waals surface area (Å²) in [4.78, 5) is 27.7. The summed E-state index contributed by atoms with van der Waals surface area (Å²) < 4.78 is 10.7. The van der Waals surface area contributed by atoms with Crippen molar-refractivity contribution in [1.29, 1.82) is 0 Å². The van der Waals surface area contributed by atoms with Gasteiger partial charge in [0.05, 0.1) is 19.3 Å². The van der Waals surface area contributed by atoms with Gasteiger partial charge in [-0.15, -0.1) is 0 Å². The van der Waals surface area contributed by atoms with Gasteiger partial charge in [0.25, 0.3) is 0 Å². The maximum absolute atomic E-state index is 12.7. The van der Waals surface area contributed by atoms with Crippen LogP contribution >= 0.6 is 0 Å². The fraction of sp³-hybridized carbons (Fsp3) is 0.385. The maximum atomic E-state index is 12.7. The van der Waals surface area contributed by atoms with E-state index in [1.807, 2.05) is 73.7 Å². The minimum absolute atomic E-state index is 0.0332. The molecule has 0 radical (unpaired) electrons. The van der Waals surface area contributed by atoms with Crippen LogP contribution in [0.2, 0.25) is 0 Å². The highest BCUT2D eigenvalue weighted by molar-refractivity contribution is 5.89. The van der Waals surface area contributed by atoms with E-state index in [-0.39, 0.29) is 37.0 Å². The molecule has 1 saturated heterocycles. The second kappa shape index (κ2) is 12.2. The fourth-order valence-corrected chi connectivity index (χ4v) is 3.96. The van der Waals surface area contributed by atoms with Crippen molar-refractivity contribution in [3.8, 4) is 0 Å². The van der Waals surface area contributed by atoms with Gasteiger partial charge in [0.1, 0.15) is 6.61 Å². The number of carbonyl (C=O) groups excluding carboxylic acids is 2. The summed E-state index contributed by atoms with van der Waals surface area (Å²) in [5.41, 5.74) is 2.82. The van der Waals surface area contributed by atoms with Crippen LogP contribution in [0.25, 0.3) is 0 Å². The van der Waals surface area contributed by atoms with E-state index in [1.54, 1.807) is 16.9 Å². The molecule has 1 aliphatic rings. The molecule has 33 heavy (non-hydrogen) atoms. The van der Waals surface area contributed by atoms with Crippen LogP contribution in [0.15, 0.2) is 66.7 Å². The molecule has 1 fully saturated rings. The van der Waals surface area contributed by atoms with Gasteiger partial charge in [0.2, 0.25) is 5.91 Å². The molecule has 1 heterocycles. The zero-order chi connectivity index (χ0) is 23.6. The van der Waals surface area contributed by atoms with Crippen molar-refractivity contribution in [3.05, 3.63) is 77.9 Å². The normalized spacial score (nSPS) is 15.5. The molecule has 2 aromatic carbocycles. The Balaban J connectivity index is 1.58. The Morgan fingerprint density at radius 3 is 2.55 bits per heavy atom. The second-order valence-corrected chi connectivity index (χ2v) is 8.03. The minimum Gasteiger partial charge on any atom is -0.447 e. The number of anilines is 1. The predicted molar refractivity (Wildman–Crippen MR) is 127 cm³/mol. The van der Waals surface area contributed by atoms with Crippen LogP contribution < -0.4 is 4.90 Å². The Hall–Kier alpha value is -3.16. The van der Waals surface area contributed by atoms with Gasteiger partial charge < -0.3 is 19.5 Å². The molecule has 0 bridgehead atoms. The summed E-state index contributed by atoms with van der Waals surface area (Å²) in [6, 6.07) is 17.4. The Bertz CT molecular complexity index is 929. The third kappa shape index (κ3) is 6.66. The van der Waals surface area contributed by atoms with Gasteiger partial charge in [-0.1, -0.05) is 61.5 Å². The maximum Gasteiger partial charge on any atom is 0.414 e. The first kappa shape index (κ1) is 24.5. The number of rotatable bonds is 11. The first-order chi connectivity index (χ1) is 16.0. The Kier molecular flexibility index (Phi) is 9.04. The summed E-state index contributed by atoms with van der Waals surface area (Å²) in [6.45, 7) is 3.70. The number of carbonyl (C=O) groups is 2. The lowest BCUT2D eigenvalue weighted by atomic mass is 9.96. The van der Waals surface area contributed by atoms with E-state index >= 15 is 0 Å². The van der Waals surface area contributed by atoms with Gasteiger partial charge >= 0.3 is 6.09 Å². The summed E-state index contributed by atoms with van der Waals surface area (Å²) in [6.07, 6.45) is 3.59. The number of amides is 2. The summed E-state index contributed by atoms with van der Waals surface area (Å²) in [7, 11) is 1.66. The average Bonchev–Trinajstić information content (AvgIpc) is 3.26. The number of aliphatic hydroxyl groups excluding tert-OH is 1. The molecule has 0 unspecified atom stereocenters. The lowest BCUT2D eigenvalue weighted by Crippen LogP contribution is -2.32. The van der Waals surface area contributed by atoms with Gasteiger partial charge in [0.15, 0.2) is 0 Å². The van der Waals surface area contributed by atoms with E-state index < -0.39 is 0 Å². The number of hydrogen-bond acceptors (Lipinski definition) is 5. The molecule has 2 amide bonds. The molecule has 0 spiro atoms. The van der Waals surface area contributed by atoms with Crippen molar-refractivity contribution in [1.82, 2.24) is 4.90 Å². The van der Waals surface area contributed by atoms with Gasteiger partial charge in [-0.3, -0.25) is 9.69 Å². The highest BCUT2D eigenvalue weighted by Gasteiger charge is 2.24. The molecule has 0 aromatic heterocycles. The summed E-state index contributed by atoms with van der Waals surface area (Å²) in [5.74, 6) is -0.00186. The highest BCUT2D eigenvalue weighted by Crippen LogP contribution is 2.29. The number of benzene rings is 2. The monoisotopic (exact) mass is 452 g/mol. The zero-order valence-electron chi connectivity index (χ0n) is 19.2. The molecule has 2 aromatic rings. The van der Waals surface area contributed by atoms with Gasteiger partial charge in [-0.25, -0.2) is 4.79 Å². The Morgan fingerprint density at radius 1 is 1.21 bits per heavy atom. The van der Waals surface area contributed by atoms with Gasteiger partial charge in [0, 0.05) is 38.2 Å². The standard InChI is InChI=1S/C26H32N2O5/c1-20(7-6-10-24(30)27(15-17-29)19-21-8-4-3-5-9-21)25(32-2)22-11-13-23(14-12-22)28-16-18-33-26(28)31/h3-9,11-14,20,25,29H,10,15-19H2,1-2H3/b7-6+/t20-,25+/m1/s1. The molecule has 1 N–H and O–H groups in total. The van der Waals surface area contributed by atoms with E-state index in [0.29, 0.717) is 26.2 Å². The minimum atomic E-state index is -0.325. The predicted octanol–water partition coefficient (Wildman–Crippen LogP) is 3.93. The lowest BCUT2D eigenvalue weighted by Gasteiger charge is -2.23. The molecule has 3 rings (SSSR count). The molecule has 176 valence electrons. The molecular formula is C26H32N2O5. The fourth-order valence-electron chi connectivity index (χ4n) is 3.96. The third-order valence-corrected chi connectivity index (χ3v) is 5.70. The van der Waals surface area contributed by atoms with Crippen molar-refractivity contribution < 1.29 is 24.2 Å². The number of aliphatic hydroxyl groups is 1. The van der Waals surface area contributed by atoms with E-state index in [0.717, 1.165) is 16.8 Å². The SMILES string of the molecule is CO[C@H](c1ccc(N2CCOC2=O)cc1)[C@H](C)/C=C/CC(=O)N(CCO)Cc1ccccc1. The molecule has 7 nitrogen and oxygen atoms in total. The van der Waals surface area contributed by atoms with Crippen LogP contribution in [-0.2, 0) is 20.8 Å². The van der Waals surface area contributed by atoms with Crippen molar-refractivity contribution >= 4 is 17.7 Å². The average molecular weight is 453 g/mol. The van der Waals surface area contributed by atoms with Gasteiger partial charge in [-0.2, -0.15) is 0 Å². The van der Waals surface area contributed by atoms with Crippen molar-refractivity contribution in [2.24, 2.45) is 5.92 Å². The quantitative estimate of drug-likeness (QED) is 0.523. The molecule has 0 aliphatic carbocycles. The van der Waals surface area contributed by atoms with Crippen molar-refractivity contribution in [2.45, 2.75) is 26.0 Å². The molecule has 2 atom stereocenters. The first-order valence-corrected chi connectivity index (χ1v) is 11.2. The van der Waals surface area contributed by atoms with Crippen molar-refractivity contribution in [2.75, 3.05) is 38.3 Å². The number of nitrogens with zero attached hydrogens (tertiary/aromatic N) is 2. The number of methoxy groups -OCH3 is 1. The van der Waals surface area contributed by atoms with E-state index in [2.05, 4.69) is 0 Å². The first-order valence-electron chi connectivity index (χ1n) is 11.2. The zero-order valence-corrected chi connectivity index (χ0v) is 19.2. The third-order valence-electron chi connectivity index (χ3n) is 5.70. The lowest BCUT2D eigenvalue weighted by molar-refractivity contribution is -0.131. The molecule has 7 heteroatoms. The van der Waals surface area contributed by atoms with Gasteiger partial charge in [-0.05, 0) is 23.3 Å². The largest absolute Gasteiger partial charge is 0.447 e. The molecule has 1 aliphatic heterocycles. The van der Waals surface area contributed by atoms with Crippen molar-refractivity contribution in [3.63, 3.8) is 0 Å². The van der Waals surface area contributed by atoms with Crippen LogP contribution in [0.1, 0.15) is 30.6 Å². The number of hydrogen-bond donors (Lipinski definition) is 1. The van der Waals surface area contributed by atoms with Crippen LogP contribution in [0.4, 0.5) is 10.5 Å². The number of cyclic esters (lactones) is 1. The van der Waals surface area contributed by atoms with Crippen LogP contribution in [0, 0.1) is 5.92 Å². The summed E-state index contributed by atoms with van der Waals surface area (Å²) >= 11 is 0. The second-order valence-electron chi connectivity index (χ2n) is 8.03. The Labute approximate surface area is 195 Å². The highest BCUT2D eigenvalue weighted by atomic mass is 16.6. The smallest absolute Gasteiger partial charge is 0.414 e. The Morgan fingerprint density at radius 2 is 1.94 bits per heavy atom. The van der Waals surface area contributed by atoms with Crippen LogP contribution in [-0.4, -0.2) is 55.4 Å². The van der Waals surface area contributed by atoms with Crippen LogP contribution in [0.3, 0.4) is 0 Å².